The van der Waals surface area contributed by atoms with Crippen LogP contribution in [-0.4, -0.2) is 16.8 Å². The van der Waals surface area contributed by atoms with Crippen LogP contribution in [0.2, 0.25) is 0 Å². The minimum absolute atomic E-state index is 0.303. The molecule has 2 heterocycles. The summed E-state index contributed by atoms with van der Waals surface area (Å²) in [6.45, 7) is 1.89. The van der Waals surface area contributed by atoms with E-state index in [9.17, 15) is 9.59 Å². The highest BCUT2D eigenvalue weighted by atomic mass is 16.2. The third kappa shape index (κ3) is 2.62. The van der Waals surface area contributed by atoms with Crippen molar-refractivity contribution in [1.29, 1.82) is 0 Å². The van der Waals surface area contributed by atoms with Gasteiger partial charge in [-0.25, -0.2) is 4.90 Å². The molecule has 0 bridgehead atoms. The fourth-order valence-corrected chi connectivity index (χ4v) is 3.15. The molecule has 4 rings (SSSR count). The summed E-state index contributed by atoms with van der Waals surface area (Å²) in [6.07, 6.45) is 5.16. The highest BCUT2D eigenvalue weighted by molar-refractivity contribution is 6.43. The zero-order chi connectivity index (χ0) is 18.1. The molecule has 0 N–H and O–H groups in total. The second-order valence-electron chi connectivity index (χ2n) is 6.12. The predicted molar refractivity (Wildman–Crippen MR) is 102 cm³/mol. The number of hydrogen-bond donors (Lipinski definition) is 0. The van der Waals surface area contributed by atoms with Crippen LogP contribution in [0.15, 0.2) is 73.1 Å². The van der Waals surface area contributed by atoms with Crippen LogP contribution in [-0.2, 0) is 4.79 Å². The normalized spacial score (nSPS) is 15.3. The first kappa shape index (κ1) is 16.0. The number of imide groups is 1. The molecule has 1 aliphatic heterocycles. The molecular weight excluding hydrogens is 324 g/mol. The molecular formula is C22H16N2O2. The quantitative estimate of drug-likeness (QED) is 0.521. The lowest BCUT2D eigenvalue weighted by atomic mass is 9.91. The van der Waals surface area contributed by atoms with Gasteiger partial charge in [0.15, 0.2) is 0 Å². The van der Waals surface area contributed by atoms with Crippen molar-refractivity contribution in [1.82, 2.24) is 4.98 Å². The molecule has 4 heteroatoms. The lowest BCUT2D eigenvalue weighted by Crippen LogP contribution is -2.42. The fourth-order valence-electron chi connectivity index (χ4n) is 3.15. The first-order valence-electron chi connectivity index (χ1n) is 8.32. The van der Waals surface area contributed by atoms with Crippen molar-refractivity contribution in [2.24, 2.45) is 0 Å². The molecule has 0 saturated heterocycles. The number of benzene rings is 2. The molecule has 26 heavy (non-hydrogen) atoms. The zero-order valence-corrected chi connectivity index (χ0v) is 14.2. The monoisotopic (exact) mass is 340 g/mol. The Morgan fingerprint density at radius 1 is 0.846 bits per heavy atom. The van der Waals surface area contributed by atoms with Gasteiger partial charge in [-0.1, -0.05) is 42.5 Å². The molecule has 3 aromatic rings. The number of carbonyl (C=O) groups is 2. The van der Waals surface area contributed by atoms with Crippen LogP contribution in [0.5, 0.6) is 0 Å². The maximum atomic E-state index is 13.3. The van der Waals surface area contributed by atoms with Gasteiger partial charge in [-0.15, -0.1) is 0 Å². The molecule has 1 aromatic heterocycles. The third-order valence-corrected chi connectivity index (χ3v) is 4.44. The molecule has 1 aliphatic rings. The van der Waals surface area contributed by atoms with E-state index in [4.69, 9.17) is 0 Å². The van der Waals surface area contributed by atoms with Gasteiger partial charge >= 0.3 is 0 Å². The topological polar surface area (TPSA) is 50.3 Å². The average molecular weight is 340 g/mol. The van der Waals surface area contributed by atoms with Crippen LogP contribution in [0.1, 0.15) is 27.0 Å². The van der Waals surface area contributed by atoms with Crippen molar-refractivity contribution in [3.63, 3.8) is 0 Å². The first-order chi connectivity index (χ1) is 12.7. The zero-order valence-electron chi connectivity index (χ0n) is 14.2. The summed E-state index contributed by atoms with van der Waals surface area (Å²) < 4.78 is 0. The molecule has 4 nitrogen and oxygen atoms in total. The number of para-hydroxylation sites is 1. The van der Waals surface area contributed by atoms with Crippen molar-refractivity contribution in [2.45, 2.75) is 6.92 Å². The van der Waals surface area contributed by atoms with E-state index >= 15 is 0 Å². The third-order valence-electron chi connectivity index (χ3n) is 4.44. The Morgan fingerprint density at radius 3 is 2.31 bits per heavy atom. The number of rotatable bonds is 2. The van der Waals surface area contributed by atoms with Gasteiger partial charge < -0.3 is 0 Å². The van der Waals surface area contributed by atoms with Crippen molar-refractivity contribution < 1.29 is 9.59 Å². The molecule has 2 aromatic carbocycles. The number of hydrogen-bond acceptors (Lipinski definition) is 3. The highest BCUT2D eigenvalue weighted by Crippen LogP contribution is 2.34. The lowest BCUT2D eigenvalue weighted by Gasteiger charge is -2.29. The Morgan fingerprint density at radius 2 is 1.58 bits per heavy atom. The van der Waals surface area contributed by atoms with Crippen LogP contribution in [0.4, 0.5) is 5.69 Å². The van der Waals surface area contributed by atoms with Gasteiger partial charge in [-0.05, 0) is 47.9 Å². The molecule has 0 spiro atoms. The number of aromatic nitrogens is 1. The Balaban J connectivity index is 1.93. The summed E-state index contributed by atoms with van der Waals surface area (Å²) >= 11 is 0. The van der Waals surface area contributed by atoms with Crippen molar-refractivity contribution in [3.05, 3.63) is 95.3 Å². The molecule has 0 saturated carbocycles. The van der Waals surface area contributed by atoms with Gasteiger partial charge in [0, 0.05) is 23.5 Å². The van der Waals surface area contributed by atoms with E-state index < -0.39 is 0 Å². The Labute approximate surface area is 151 Å². The summed E-state index contributed by atoms with van der Waals surface area (Å²) in [5.74, 6) is -0.630. The van der Waals surface area contributed by atoms with E-state index in [0.717, 1.165) is 11.1 Å². The molecule has 0 unspecified atom stereocenters. The summed E-state index contributed by atoms with van der Waals surface area (Å²) in [5, 5.41) is 0. The summed E-state index contributed by atoms with van der Waals surface area (Å²) in [7, 11) is 0. The van der Waals surface area contributed by atoms with Crippen LogP contribution in [0.25, 0.3) is 11.6 Å². The molecule has 2 amide bonds. The minimum Gasteiger partial charge on any atom is -0.268 e. The average Bonchev–Trinajstić information content (AvgIpc) is 2.67. The van der Waals surface area contributed by atoms with Gasteiger partial charge in [0.2, 0.25) is 0 Å². The summed E-state index contributed by atoms with van der Waals surface area (Å²) in [4.78, 5) is 31.7. The lowest BCUT2D eigenvalue weighted by molar-refractivity contribution is -0.112. The van der Waals surface area contributed by atoms with E-state index in [1.54, 1.807) is 30.6 Å². The molecule has 0 aliphatic carbocycles. The summed E-state index contributed by atoms with van der Waals surface area (Å²) in [5.41, 5.74) is 3.94. The van der Waals surface area contributed by atoms with Crippen LogP contribution in [0, 0.1) is 6.92 Å². The van der Waals surface area contributed by atoms with Crippen molar-refractivity contribution in [3.8, 4) is 0 Å². The standard InChI is InChI=1S/C22H16N2O2/c1-15-7-2-5-11-20(15)24-21(25)18-10-4-3-9-17(18)19(22(24)26)13-16-8-6-12-23-14-16/h2-14H,1H3/b19-13+. The van der Waals surface area contributed by atoms with E-state index in [0.29, 0.717) is 22.4 Å². The largest absolute Gasteiger partial charge is 0.268 e. The van der Waals surface area contributed by atoms with Crippen LogP contribution >= 0.6 is 0 Å². The predicted octanol–water partition coefficient (Wildman–Crippen LogP) is 4.12. The summed E-state index contributed by atoms with van der Waals surface area (Å²) in [6, 6.07) is 18.3. The van der Waals surface area contributed by atoms with Gasteiger partial charge in [0.1, 0.15) is 0 Å². The number of amides is 2. The number of nitrogens with zero attached hydrogens (tertiary/aromatic N) is 2. The second-order valence-corrected chi connectivity index (χ2v) is 6.12. The van der Waals surface area contributed by atoms with E-state index in [-0.39, 0.29) is 11.8 Å². The number of aryl methyl sites for hydroxylation is 1. The van der Waals surface area contributed by atoms with Gasteiger partial charge in [0.25, 0.3) is 11.8 Å². The Hall–Kier alpha value is -3.53. The fraction of sp³-hybridized carbons (Fsp3) is 0.0455. The Kier molecular flexibility index (Phi) is 3.93. The second kappa shape index (κ2) is 6.41. The molecule has 0 radical (unpaired) electrons. The number of pyridine rings is 1. The number of anilines is 1. The number of fused-ring (bicyclic) bond motifs is 1. The van der Waals surface area contributed by atoms with Crippen molar-refractivity contribution in [2.75, 3.05) is 4.90 Å². The van der Waals surface area contributed by atoms with Crippen LogP contribution in [0.3, 0.4) is 0 Å². The molecule has 126 valence electrons. The van der Waals surface area contributed by atoms with E-state index in [2.05, 4.69) is 4.98 Å². The smallest absolute Gasteiger partial charge is 0.265 e. The maximum absolute atomic E-state index is 13.3. The number of carbonyl (C=O) groups excluding carboxylic acids is 2. The van der Waals surface area contributed by atoms with Gasteiger partial charge in [-0.2, -0.15) is 0 Å². The SMILES string of the molecule is Cc1ccccc1N1C(=O)/C(=C/c2cccnc2)c2ccccc2C1=O. The molecule has 0 fully saturated rings. The maximum Gasteiger partial charge on any atom is 0.265 e. The van der Waals surface area contributed by atoms with Gasteiger partial charge in [-0.3, -0.25) is 14.6 Å². The highest BCUT2D eigenvalue weighted by Gasteiger charge is 2.36. The van der Waals surface area contributed by atoms with Crippen molar-refractivity contribution >= 4 is 29.2 Å². The first-order valence-corrected chi connectivity index (χ1v) is 8.32. The van der Waals surface area contributed by atoms with E-state index in [1.165, 1.54) is 4.90 Å². The minimum atomic E-state index is -0.327. The van der Waals surface area contributed by atoms with Crippen LogP contribution < -0.4 is 4.90 Å². The van der Waals surface area contributed by atoms with E-state index in [1.807, 2.05) is 55.5 Å². The molecule has 0 atom stereocenters. The van der Waals surface area contributed by atoms with Gasteiger partial charge in [0.05, 0.1) is 5.69 Å². The Bertz CT molecular complexity index is 1040.